The summed E-state index contributed by atoms with van der Waals surface area (Å²) in [6, 6.07) is 0. The van der Waals surface area contributed by atoms with Crippen LogP contribution in [0.4, 0.5) is 0 Å². The number of rotatable bonds is 2. The zero-order valence-corrected chi connectivity index (χ0v) is 13.7. The molecule has 0 spiro atoms. The maximum absolute atomic E-state index is 12.2. The molecule has 2 aromatic heterocycles. The Morgan fingerprint density at radius 1 is 1.25 bits per heavy atom. The number of nitrogens with one attached hydrogen (secondary N) is 1. The number of aromatic nitrogens is 3. The van der Waals surface area contributed by atoms with Gasteiger partial charge in [-0.3, -0.25) is 4.79 Å². The van der Waals surface area contributed by atoms with E-state index in [2.05, 4.69) is 35.7 Å². The van der Waals surface area contributed by atoms with Gasteiger partial charge in [-0.1, -0.05) is 34.6 Å². The van der Waals surface area contributed by atoms with E-state index >= 15 is 0 Å². The first kappa shape index (κ1) is 14.9. The summed E-state index contributed by atoms with van der Waals surface area (Å²) in [5.41, 5.74) is 2.23. The topological polar surface area (TPSA) is 58.6 Å². The van der Waals surface area contributed by atoms with E-state index in [1.54, 1.807) is 11.3 Å². The van der Waals surface area contributed by atoms with Gasteiger partial charge < -0.3 is 4.98 Å². The second-order valence-corrected chi connectivity index (χ2v) is 7.21. The zero-order chi connectivity index (χ0) is 15.1. The molecule has 4 nitrogen and oxygen atoms in total. The van der Waals surface area contributed by atoms with Gasteiger partial charge in [0.05, 0.1) is 5.01 Å². The normalized spacial score (nSPS) is 12.2. The monoisotopic (exact) mass is 291 g/mol. The summed E-state index contributed by atoms with van der Waals surface area (Å²) >= 11 is 1.60. The highest BCUT2D eigenvalue weighted by Gasteiger charge is 2.20. The Kier molecular flexibility index (Phi) is 3.82. The van der Waals surface area contributed by atoms with E-state index < -0.39 is 0 Å². The van der Waals surface area contributed by atoms with Crippen LogP contribution in [0.5, 0.6) is 0 Å². The van der Waals surface area contributed by atoms with Crippen molar-refractivity contribution >= 4 is 11.3 Å². The third-order valence-corrected chi connectivity index (χ3v) is 4.38. The van der Waals surface area contributed by atoms with Gasteiger partial charge in [0.25, 0.3) is 5.56 Å². The third-order valence-electron chi connectivity index (χ3n) is 3.11. The summed E-state index contributed by atoms with van der Waals surface area (Å²) in [6.07, 6.45) is 0. The number of hydrogen-bond donors (Lipinski definition) is 1. The van der Waals surface area contributed by atoms with Crippen molar-refractivity contribution in [3.63, 3.8) is 0 Å². The molecule has 0 fully saturated rings. The molecule has 108 valence electrons. The number of aryl methyl sites for hydroxylation is 1. The molecule has 0 bridgehead atoms. The highest BCUT2D eigenvalue weighted by Crippen LogP contribution is 2.28. The Morgan fingerprint density at radius 3 is 2.35 bits per heavy atom. The molecular weight excluding hydrogens is 270 g/mol. The van der Waals surface area contributed by atoms with Gasteiger partial charge in [0.15, 0.2) is 5.82 Å². The van der Waals surface area contributed by atoms with Gasteiger partial charge in [0.2, 0.25) is 0 Å². The Hall–Kier alpha value is -1.49. The van der Waals surface area contributed by atoms with Crippen molar-refractivity contribution in [1.82, 2.24) is 15.0 Å². The van der Waals surface area contributed by atoms with E-state index in [9.17, 15) is 4.79 Å². The molecule has 0 radical (unpaired) electrons. The van der Waals surface area contributed by atoms with Crippen LogP contribution in [0.1, 0.15) is 56.8 Å². The summed E-state index contributed by atoms with van der Waals surface area (Å²) < 4.78 is 0. The first-order valence-corrected chi connectivity index (χ1v) is 7.65. The minimum Gasteiger partial charge on any atom is -0.305 e. The van der Waals surface area contributed by atoms with Crippen molar-refractivity contribution in [2.75, 3.05) is 0 Å². The van der Waals surface area contributed by atoms with Crippen LogP contribution in [-0.4, -0.2) is 15.0 Å². The smallest absolute Gasteiger partial charge is 0.254 e. The van der Waals surface area contributed by atoms with Crippen molar-refractivity contribution in [1.29, 1.82) is 0 Å². The molecule has 0 aliphatic heterocycles. The van der Waals surface area contributed by atoms with Gasteiger partial charge >= 0.3 is 0 Å². The molecule has 2 rings (SSSR count). The van der Waals surface area contributed by atoms with Gasteiger partial charge in [-0.2, -0.15) is 0 Å². The number of aromatic amines is 1. The molecule has 0 aromatic carbocycles. The lowest BCUT2D eigenvalue weighted by Gasteiger charge is -2.13. The van der Waals surface area contributed by atoms with Gasteiger partial charge in [0.1, 0.15) is 5.69 Å². The van der Waals surface area contributed by atoms with Crippen molar-refractivity contribution < 1.29 is 0 Å². The molecule has 0 saturated carbocycles. The number of H-pyrrole nitrogens is 1. The van der Waals surface area contributed by atoms with Crippen LogP contribution in [-0.2, 0) is 5.41 Å². The van der Waals surface area contributed by atoms with Crippen LogP contribution in [0.15, 0.2) is 10.2 Å². The van der Waals surface area contributed by atoms with Gasteiger partial charge in [-0.05, 0) is 12.8 Å². The number of hydrogen-bond acceptors (Lipinski definition) is 4. The van der Waals surface area contributed by atoms with Gasteiger partial charge in [-0.25, -0.2) is 9.97 Å². The van der Waals surface area contributed by atoms with Crippen molar-refractivity contribution in [3.05, 3.63) is 32.0 Å². The largest absolute Gasteiger partial charge is 0.305 e. The second-order valence-electron chi connectivity index (χ2n) is 6.36. The molecule has 0 atom stereocenters. The van der Waals surface area contributed by atoms with Crippen LogP contribution >= 0.6 is 11.3 Å². The first-order chi connectivity index (χ1) is 9.20. The van der Waals surface area contributed by atoms with Crippen LogP contribution < -0.4 is 5.56 Å². The summed E-state index contributed by atoms with van der Waals surface area (Å²) in [6.45, 7) is 12.3. The molecule has 1 N–H and O–H groups in total. The second kappa shape index (κ2) is 5.13. The zero-order valence-electron chi connectivity index (χ0n) is 12.9. The first-order valence-electron chi connectivity index (χ1n) is 6.77. The number of nitrogens with zero attached hydrogens (tertiary/aromatic N) is 2. The molecule has 20 heavy (non-hydrogen) atoms. The number of thiazole rings is 1. The summed E-state index contributed by atoms with van der Waals surface area (Å²) in [7, 11) is 0. The minimum absolute atomic E-state index is 0.0100. The summed E-state index contributed by atoms with van der Waals surface area (Å²) in [5, 5.41) is 2.99. The molecule has 0 amide bonds. The van der Waals surface area contributed by atoms with Crippen molar-refractivity contribution in [2.24, 2.45) is 0 Å². The van der Waals surface area contributed by atoms with E-state index in [1.165, 1.54) is 0 Å². The molecule has 2 aromatic rings. The van der Waals surface area contributed by atoms with E-state index in [4.69, 9.17) is 0 Å². The fourth-order valence-corrected chi connectivity index (χ4v) is 3.02. The highest BCUT2D eigenvalue weighted by molar-refractivity contribution is 7.10. The van der Waals surface area contributed by atoms with Crippen LogP contribution in [0, 0.1) is 6.92 Å². The van der Waals surface area contributed by atoms with Crippen LogP contribution in [0.25, 0.3) is 11.5 Å². The Labute approximate surface area is 123 Å². The average molecular weight is 291 g/mol. The van der Waals surface area contributed by atoms with Crippen molar-refractivity contribution in [3.8, 4) is 11.5 Å². The van der Waals surface area contributed by atoms with E-state index in [1.807, 2.05) is 26.2 Å². The fraction of sp³-hybridized carbons (Fsp3) is 0.533. The molecular formula is C15H21N3OS. The maximum Gasteiger partial charge on any atom is 0.254 e. The summed E-state index contributed by atoms with van der Waals surface area (Å²) in [5.74, 6) is 0.726. The standard InChI is InChI=1S/C15H21N3OS/c1-8(2)11-9(3)16-12(18-13(11)19)10-7-20-14(17-10)15(4,5)6/h7-8H,1-6H3,(H,16,18,19). The Morgan fingerprint density at radius 2 is 1.90 bits per heavy atom. The van der Waals surface area contributed by atoms with Crippen LogP contribution in [0.2, 0.25) is 0 Å². The summed E-state index contributed by atoms with van der Waals surface area (Å²) in [4.78, 5) is 24.1. The SMILES string of the molecule is Cc1nc(-c2csc(C(C)(C)C)n2)[nH]c(=O)c1C(C)C. The fourth-order valence-electron chi connectivity index (χ4n) is 2.12. The van der Waals surface area contributed by atoms with Crippen LogP contribution in [0.3, 0.4) is 0 Å². The van der Waals surface area contributed by atoms with Gasteiger partial charge in [0, 0.05) is 22.1 Å². The highest BCUT2D eigenvalue weighted by atomic mass is 32.1. The molecule has 5 heteroatoms. The predicted molar refractivity (Wildman–Crippen MR) is 83.5 cm³/mol. The quantitative estimate of drug-likeness (QED) is 0.919. The van der Waals surface area contributed by atoms with Crippen molar-refractivity contribution in [2.45, 2.75) is 52.9 Å². The Balaban J connectivity index is 2.50. The molecule has 2 heterocycles. The molecule has 0 aliphatic carbocycles. The molecule has 0 saturated heterocycles. The minimum atomic E-state index is -0.0622. The predicted octanol–water partition coefficient (Wildman–Crippen LogP) is 3.62. The maximum atomic E-state index is 12.2. The lowest BCUT2D eigenvalue weighted by atomic mass is 9.98. The molecule has 0 unspecified atom stereocenters. The van der Waals surface area contributed by atoms with E-state index in [0.29, 0.717) is 5.82 Å². The lowest BCUT2D eigenvalue weighted by molar-refractivity contribution is 0.585. The van der Waals surface area contributed by atoms with E-state index in [-0.39, 0.29) is 16.9 Å². The lowest BCUT2D eigenvalue weighted by Crippen LogP contribution is -2.18. The van der Waals surface area contributed by atoms with E-state index in [0.717, 1.165) is 22.0 Å². The average Bonchev–Trinajstić information content (AvgIpc) is 2.75. The van der Waals surface area contributed by atoms with Gasteiger partial charge in [-0.15, -0.1) is 11.3 Å². The molecule has 0 aliphatic rings. The Bertz CT molecular complexity index is 677. The third kappa shape index (κ3) is 2.82.